The minimum absolute atomic E-state index is 0.521. The van der Waals surface area contributed by atoms with Crippen LogP contribution < -0.4 is 10.2 Å². The molecule has 3 aromatic rings. The van der Waals surface area contributed by atoms with E-state index >= 15 is 0 Å². The number of hydrogen-bond acceptors (Lipinski definition) is 4. The van der Waals surface area contributed by atoms with Crippen molar-refractivity contribution in [3.63, 3.8) is 0 Å². The van der Waals surface area contributed by atoms with Gasteiger partial charge in [0.25, 0.3) is 0 Å². The largest absolute Gasteiger partial charge is 0.488 e. The molecular weight excluding hydrogens is 366 g/mol. The normalized spacial score (nSPS) is 10.7. The number of anilines is 1. The Kier molecular flexibility index (Phi) is 5.58. The zero-order valence-electron chi connectivity index (χ0n) is 12.9. The van der Waals surface area contributed by atoms with Crippen LogP contribution >= 0.6 is 15.9 Å². The lowest BCUT2D eigenvalue weighted by molar-refractivity contribution is 0.306. The summed E-state index contributed by atoms with van der Waals surface area (Å²) in [6, 6.07) is 21.6. The monoisotopic (exact) mass is 381 g/mol. The Morgan fingerprint density at radius 2 is 1.79 bits per heavy atom. The highest BCUT2D eigenvalue weighted by molar-refractivity contribution is 9.10. The molecule has 0 unspecified atom stereocenters. The molecule has 1 heterocycles. The number of para-hydroxylation sites is 1. The van der Waals surface area contributed by atoms with Gasteiger partial charge in [-0.05, 0) is 45.8 Å². The number of nitrogens with zero attached hydrogens (tertiary/aromatic N) is 2. The standard InChI is InChI=1S/C19H16BrN3O/c20-17-10-11-19(21-13-17)23-22-12-16-8-4-5-9-18(16)24-14-15-6-2-1-3-7-15/h1-13H,14H2,(H,21,23)/b22-12+. The van der Waals surface area contributed by atoms with E-state index in [0.29, 0.717) is 12.4 Å². The molecular formula is C19H16BrN3O. The lowest BCUT2D eigenvalue weighted by Gasteiger charge is -2.09. The van der Waals surface area contributed by atoms with E-state index in [0.717, 1.165) is 21.3 Å². The van der Waals surface area contributed by atoms with Crippen molar-refractivity contribution in [2.75, 3.05) is 5.43 Å². The summed E-state index contributed by atoms with van der Waals surface area (Å²) >= 11 is 3.35. The van der Waals surface area contributed by atoms with Crippen molar-refractivity contribution in [3.8, 4) is 5.75 Å². The molecule has 4 nitrogen and oxygen atoms in total. The van der Waals surface area contributed by atoms with E-state index in [1.54, 1.807) is 12.4 Å². The second-order valence-corrected chi connectivity index (χ2v) is 5.96. The molecule has 120 valence electrons. The predicted octanol–water partition coefficient (Wildman–Crippen LogP) is 4.87. The first-order valence-electron chi connectivity index (χ1n) is 7.48. The highest BCUT2D eigenvalue weighted by Gasteiger charge is 2.01. The van der Waals surface area contributed by atoms with Crippen molar-refractivity contribution in [2.45, 2.75) is 6.61 Å². The Bertz CT molecular complexity index is 804. The molecule has 0 aliphatic heterocycles. The number of hydrogen-bond donors (Lipinski definition) is 1. The second kappa shape index (κ2) is 8.26. The first-order chi connectivity index (χ1) is 11.8. The van der Waals surface area contributed by atoms with Gasteiger partial charge in [0, 0.05) is 16.2 Å². The van der Waals surface area contributed by atoms with Gasteiger partial charge in [0.05, 0.1) is 6.21 Å². The van der Waals surface area contributed by atoms with Crippen LogP contribution in [0.4, 0.5) is 5.82 Å². The molecule has 0 aliphatic carbocycles. The van der Waals surface area contributed by atoms with E-state index in [9.17, 15) is 0 Å². The molecule has 0 amide bonds. The first kappa shape index (κ1) is 16.2. The summed E-state index contributed by atoms with van der Waals surface area (Å²) in [5.74, 6) is 1.47. The smallest absolute Gasteiger partial charge is 0.146 e. The Morgan fingerprint density at radius 3 is 2.58 bits per heavy atom. The molecule has 2 aromatic carbocycles. The van der Waals surface area contributed by atoms with E-state index in [1.165, 1.54) is 0 Å². The lowest BCUT2D eigenvalue weighted by Crippen LogP contribution is -1.99. The van der Waals surface area contributed by atoms with Crippen LogP contribution in [0.2, 0.25) is 0 Å². The molecule has 0 spiro atoms. The van der Waals surface area contributed by atoms with Crippen LogP contribution in [-0.2, 0) is 6.61 Å². The molecule has 0 fully saturated rings. The average molecular weight is 382 g/mol. The zero-order chi connectivity index (χ0) is 16.6. The highest BCUT2D eigenvalue weighted by atomic mass is 79.9. The minimum atomic E-state index is 0.521. The third kappa shape index (κ3) is 4.67. The molecule has 0 radical (unpaired) electrons. The summed E-state index contributed by atoms with van der Waals surface area (Å²) in [7, 11) is 0. The predicted molar refractivity (Wildman–Crippen MR) is 100 cm³/mol. The van der Waals surface area contributed by atoms with Crippen LogP contribution in [-0.4, -0.2) is 11.2 Å². The van der Waals surface area contributed by atoms with Crippen molar-refractivity contribution in [1.29, 1.82) is 0 Å². The Hall–Kier alpha value is -2.66. The van der Waals surface area contributed by atoms with Crippen molar-refractivity contribution in [3.05, 3.63) is 88.5 Å². The van der Waals surface area contributed by atoms with Gasteiger partial charge in [-0.25, -0.2) is 4.98 Å². The molecule has 0 bridgehead atoms. The van der Waals surface area contributed by atoms with Crippen molar-refractivity contribution in [2.24, 2.45) is 5.10 Å². The number of nitrogens with one attached hydrogen (secondary N) is 1. The van der Waals surface area contributed by atoms with Crippen LogP contribution in [0.1, 0.15) is 11.1 Å². The fourth-order valence-corrected chi connectivity index (χ4v) is 2.30. The first-order valence-corrected chi connectivity index (χ1v) is 8.27. The minimum Gasteiger partial charge on any atom is -0.488 e. The fourth-order valence-electron chi connectivity index (χ4n) is 2.06. The Labute approximate surface area is 149 Å². The Morgan fingerprint density at radius 1 is 1.00 bits per heavy atom. The quantitative estimate of drug-likeness (QED) is 0.489. The maximum Gasteiger partial charge on any atom is 0.146 e. The molecule has 1 N–H and O–H groups in total. The maximum atomic E-state index is 5.90. The second-order valence-electron chi connectivity index (χ2n) is 5.04. The van der Waals surface area contributed by atoms with Crippen LogP contribution in [0.5, 0.6) is 5.75 Å². The highest BCUT2D eigenvalue weighted by Crippen LogP contribution is 2.18. The summed E-state index contributed by atoms with van der Waals surface area (Å²) in [5, 5.41) is 4.22. The van der Waals surface area contributed by atoms with Gasteiger partial charge in [0.2, 0.25) is 0 Å². The summed E-state index contributed by atoms with van der Waals surface area (Å²) in [6.45, 7) is 0.521. The van der Waals surface area contributed by atoms with Gasteiger partial charge in [0.1, 0.15) is 18.2 Å². The van der Waals surface area contributed by atoms with Crippen LogP contribution in [0.25, 0.3) is 0 Å². The SMILES string of the molecule is Brc1ccc(N/N=C/c2ccccc2OCc2ccccc2)nc1. The number of ether oxygens (including phenoxy) is 1. The molecule has 0 saturated carbocycles. The molecule has 24 heavy (non-hydrogen) atoms. The van der Waals surface area contributed by atoms with Crippen molar-refractivity contribution in [1.82, 2.24) is 4.98 Å². The van der Waals surface area contributed by atoms with Crippen LogP contribution in [0.15, 0.2) is 82.5 Å². The number of pyridine rings is 1. The molecule has 0 saturated heterocycles. The number of rotatable bonds is 6. The zero-order valence-corrected chi connectivity index (χ0v) is 14.5. The number of aromatic nitrogens is 1. The van der Waals surface area contributed by atoms with E-state index in [1.807, 2.05) is 66.7 Å². The summed E-state index contributed by atoms with van der Waals surface area (Å²) < 4.78 is 6.83. The van der Waals surface area contributed by atoms with Gasteiger partial charge in [0.15, 0.2) is 0 Å². The maximum absolute atomic E-state index is 5.90. The molecule has 1 aromatic heterocycles. The summed E-state index contributed by atoms with van der Waals surface area (Å²) in [5.41, 5.74) is 4.93. The van der Waals surface area contributed by atoms with Gasteiger partial charge in [-0.3, -0.25) is 5.43 Å². The third-order valence-electron chi connectivity index (χ3n) is 3.27. The van der Waals surface area contributed by atoms with Gasteiger partial charge in [-0.2, -0.15) is 5.10 Å². The van der Waals surface area contributed by atoms with Crippen LogP contribution in [0.3, 0.4) is 0 Å². The van der Waals surface area contributed by atoms with Gasteiger partial charge < -0.3 is 4.74 Å². The topological polar surface area (TPSA) is 46.5 Å². The average Bonchev–Trinajstić information content (AvgIpc) is 2.63. The van der Waals surface area contributed by atoms with Crippen molar-refractivity contribution < 1.29 is 4.74 Å². The molecule has 0 atom stereocenters. The number of halogens is 1. The lowest BCUT2D eigenvalue weighted by atomic mass is 10.2. The Balaban J connectivity index is 1.65. The third-order valence-corrected chi connectivity index (χ3v) is 3.74. The van der Waals surface area contributed by atoms with E-state index in [-0.39, 0.29) is 0 Å². The van der Waals surface area contributed by atoms with Gasteiger partial charge in [-0.1, -0.05) is 42.5 Å². The van der Waals surface area contributed by atoms with E-state index in [2.05, 4.69) is 31.4 Å². The number of benzene rings is 2. The van der Waals surface area contributed by atoms with Gasteiger partial charge >= 0.3 is 0 Å². The van der Waals surface area contributed by atoms with E-state index in [4.69, 9.17) is 4.74 Å². The van der Waals surface area contributed by atoms with Crippen molar-refractivity contribution >= 4 is 28.0 Å². The molecule has 3 rings (SSSR count). The fraction of sp³-hybridized carbons (Fsp3) is 0.0526. The van der Waals surface area contributed by atoms with E-state index < -0.39 is 0 Å². The molecule has 0 aliphatic rings. The number of hydrazone groups is 1. The summed E-state index contributed by atoms with van der Waals surface area (Å²) in [6.07, 6.45) is 3.44. The molecule has 5 heteroatoms. The summed E-state index contributed by atoms with van der Waals surface area (Å²) in [4.78, 5) is 4.20. The van der Waals surface area contributed by atoms with Crippen LogP contribution in [0, 0.1) is 0 Å². The van der Waals surface area contributed by atoms with Gasteiger partial charge in [-0.15, -0.1) is 0 Å².